The van der Waals surface area contributed by atoms with E-state index in [9.17, 15) is 4.79 Å². The summed E-state index contributed by atoms with van der Waals surface area (Å²) in [5, 5.41) is 0. The van der Waals surface area contributed by atoms with E-state index in [0.717, 1.165) is 43.8 Å². The molecule has 0 bridgehead atoms. The van der Waals surface area contributed by atoms with E-state index in [0.29, 0.717) is 6.73 Å². The lowest BCUT2D eigenvalue weighted by molar-refractivity contribution is -0.113. The smallest absolute Gasteiger partial charge is 0.123 e. The molecule has 0 aromatic carbocycles. The second-order valence-corrected chi connectivity index (χ2v) is 13.9. The number of rotatable bonds is 14. The zero-order valence-corrected chi connectivity index (χ0v) is 19.9. The fourth-order valence-electron chi connectivity index (χ4n) is 4.01. The van der Waals surface area contributed by atoms with Gasteiger partial charge in [-0.15, -0.1) is 0 Å². The number of aldehydes is 1. The standard InChI is InChI=1S/C24H40N2O2S/c1-7-9-21(18-27)24(13-14-24)12-10-23(25-8-2)22-11-15-26(20(22)3)19-28-16-17-29(4,5)6/h8,11,15,18,21H,2,7,9-10,12-14,16-17,19H2,1,3-6H3. The van der Waals surface area contributed by atoms with E-state index in [1.807, 2.05) is 0 Å². The van der Waals surface area contributed by atoms with Crippen molar-refractivity contribution in [3.8, 4) is 0 Å². The third-order valence-corrected chi connectivity index (χ3v) is 7.56. The Morgan fingerprint density at radius 2 is 2.14 bits per heavy atom. The number of aromatic nitrogens is 1. The zero-order valence-electron chi connectivity index (χ0n) is 19.1. The van der Waals surface area contributed by atoms with Crippen LogP contribution in [0.15, 0.2) is 30.0 Å². The largest absolute Gasteiger partial charge is 0.360 e. The summed E-state index contributed by atoms with van der Waals surface area (Å²) in [6.45, 7) is 9.48. The van der Waals surface area contributed by atoms with E-state index >= 15 is 0 Å². The van der Waals surface area contributed by atoms with Crippen LogP contribution in [0.25, 0.3) is 0 Å². The van der Waals surface area contributed by atoms with E-state index in [1.165, 1.54) is 30.4 Å². The highest BCUT2D eigenvalue weighted by Crippen LogP contribution is 2.56. The van der Waals surface area contributed by atoms with Crippen molar-refractivity contribution in [2.24, 2.45) is 16.3 Å². The lowest BCUT2D eigenvalue weighted by Crippen LogP contribution is -2.19. The van der Waals surface area contributed by atoms with Crippen molar-refractivity contribution in [2.45, 2.75) is 59.1 Å². The lowest BCUT2D eigenvalue weighted by Gasteiger charge is -2.24. The van der Waals surface area contributed by atoms with Gasteiger partial charge >= 0.3 is 0 Å². The summed E-state index contributed by atoms with van der Waals surface area (Å²) in [5.41, 5.74) is 3.62. The molecule has 5 heteroatoms. The SMILES string of the molecule is C=CN=C(CCC1(C(C=O)CCC)CC1)c1ccn(COCCS(C)(C)C)c1C. The second kappa shape index (κ2) is 10.6. The molecule has 1 atom stereocenters. The molecule has 0 saturated heterocycles. The number of carbonyl (C=O) groups excluding carboxylic acids is 1. The Hall–Kier alpha value is -1.33. The summed E-state index contributed by atoms with van der Waals surface area (Å²) < 4.78 is 8.07. The first-order valence-electron chi connectivity index (χ1n) is 10.8. The van der Waals surface area contributed by atoms with Crippen molar-refractivity contribution in [3.05, 3.63) is 36.3 Å². The molecule has 0 aliphatic heterocycles. The molecule has 4 nitrogen and oxygen atoms in total. The minimum absolute atomic E-state index is 0.196. The van der Waals surface area contributed by atoms with Crippen LogP contribution in [0, 0.1) is 18.3 Å². The highest BCUT2D eigenvalue weighted by Gasteiger charge is 2.48. The van der Waals surface area contributed by atoms with Crippen LogP contribution in [-0.2, 0) is 16.3 Å². The minimum atomic E-state index is -0.523. The molecule has 1 aromatic heterocycles. The average Bonchev–Trinajstić information content (AvgIpc) is 3.37. The Labute approximate surface area is 179 Å². The fraction of sp³-hybridized carbons (Fsp3) is 0.667. The lowest BCUT2D eigenvalue weighted by atomic mass is 9.82. The maximum absolute atomic E-state index is 11.6. The summed E-state index contributed by atoms with van der Waals surface area (Å²) in [5.74, 6) is 1.32. The average molecular weight is 421 g/mol. The summed E-state index contributed by atoms with van der Waals surface area (Å²) in [4.78, 5) is 16.2. The molecule has 1 heterocycles. The predicted octanol–water partition coefficient (Wildman–Crippen LogP) is 5.57. The monoisotopic (exact) mass is 420 g/mol. The van der Waals surface area contributed by atoms with E-state index in [1.54, 1.807) is 6.20 Å². The third kappa shape index (κ3) is 6.85. The number of aliphatic imine (C=N–C) groups is 1. The molecule has 1 aliphatic rings. The van der Waals surface area contributed by atoms with Crippen molar-refractivity contribution >= 4 is 22.0 Å². The highest BCUT2D eigenvalue weighted by molar-refractivity contribution is 8.32. The Morgan fingerprint density at radius 1 is 1.41 bits per heavy atom. The van der Waals surface area contributed by atoms with Crippen LogP contribution in [0.3, 0.4) is 0 Å². The van der Waals surface area contributed by atoms with Crippen LogP contribution >= 0.6 is 10.0 Å². The first kappa shape index (κ1) is 23.9. The Balaban J connectivity index is 2.01. The number of ether oxygens (including phenoxy) is 1. The number of hydrogen-bond acceptors (Lipinski definition) is 3. The van der Waals surface area contributed by atoms with Crippen LogP contribution in [0.2, 0.25) is 0 Å². The third-order valence-electron chi connectivity index (χ3n) is 6.17. The first-order chi connectivity index (χ1) is 13.8. The van der Waals surface area contributed by atoms with E-state index in [2.05, 4.69) is 61.0 Å². The van der Waals surface area contributed by atoms with Crippen LogP contribution in [0.4, 0.5) is 0 Å². The van der Waals surface area contributed by atoms with E-state index in [4.69, 9.17) is 4.74 Å². The van der Waals surface area contributed by atoms with Crippen molar-refractivity contribution in [1.82, 2.24) is 4.57 Å². The Morgan fingerprint density at radius 3 is 2.69 bits per heavy atom. The van der Waals surface area contributed by atoms with Gasteiger partial charge in [-0.1, -0.05) is 19.9 Å². The maximum atomic E-state index is 11.6. The first-order valence-corrected chi connectivity index (χ1v) is 13.8. The van der Waals surface area contributed by atoms with Gasteiger partial charge in [-0.3, -0.25) is 4.99 Å². The van der Waals surface area contributed by atoms with E-state index < -0.39 is 10.0 Å². The topological polar surface area (TPSA) is 43.6 Å². The molecule has 164 valence electrons. The fourth-order valence-corrected chi connectivity index (χ4v) is 4.63. The van der Waals surface area contributed by atoms with Crippen molar-refractivity contribution < 1.29 is 9.53 Å². The van der Waals surface area contributed by atoms with Crippen LogP contribution < -0.4 is 0 Å². The summed E-state index contributed by atoms with van der Waals surface area (Å²) in [7, 11) is -0.523. The molecule has 1 aliphatic carbocycles. The van der Waals surface area contributed by atoms with Gasteiger partial charge in [0.25, 0.3) is 0 Å². The predicted molar refractivity (Wildman–Crippen MR) is 127 cm³/mol. The van der Waals surface area contributed by atoms with Gasteiger partial charge in [-0.2, -0.15) is 0 Å². The van der Waals surface area contributed by atoms with Gasteiger partial charge in [-0.25, -0.2) is 10.0 Å². The number of hydrogen-bond donors (Lipinski definition) is 0. The van der Waals surface area contributed by atoms with Gasteiger partial charge < -0.3 is 14.1 Å². The molecule has 0 amide bonds. The van der Waals surface area contributed by atoms with Gasteiger partial charge in [-0.05, 0) is 69.3 Å². The van der Waals surface area contributed by atoms with Crippen LogP contribution in [0.5, 0.6) is 0 Å². The summed E-state index contributed by atoms with van der Waals surface area (Å²) in [6.07, 6.45) is 18.2. The summed E-state index contributed by atoms with van der Waals surface area (Å²) >= 11 is 0. The second-order valence-electron chi connectivity index (χ2n) is 9.27. The Kier molecular flexibility index (Phi) is 8.77. The van der Waals surface area contributed by atoms with E-state index in [-0.39, 0.29) is 11.3 Å². The van der Waals surface area contributed by atoms with Gasteiger partial charge in [0, 0.05) is 41.0 Å². The van der Waals surface area contributed by atoms with Crippen LogP contribution in [-0.4, -0.2) is 47.7 Å². The molecule has 1 unspecified atom stereocenters. The molecule has 29 heavy (non-hydrogen) atoms. The molecule has 0 spiro atoms. The minimum Gasteiger partial charge on any atom is -0.360 e. The molecule has 0 radical (unpaired) electrons. The maximum Gasteiger partial charge on any atom is 0.123 e. The quantitative estimate of drug-likeness (QED) is 0.224. The van der Waals surface area contributed by atoms with Crippen molar-refractivity contribution in [1.29, 1.82) is 0 Å². The Bertz CT molecular complexity index is 711. The zero-order chi connectivity index (χ0) is 21.5. The molecule has 1 aromatic rings. The molecule has 0 N–H and O–H groups in total. The number of nitrogens with zero attached hydrogens (tertiary/aromatic N) is 2. The van der Waals surface area contributed by atoms with Gasteiger partial charge in [0.05, 0.1) is 6.61 Å². The molecular weight excluding hydrogens is 380 g/mol. The number of carbonyl (C=O) groups is 1. The van der Waals surface area contributed by atoms with Crippen molar-refractivity contribution in [3.63, 3.8) is 0 Å². The van der Waals surface area contributed by atoms with Gasteiger partial charge in [0.15, 0.2) is 0 Å². The van der Waals surface area contributed by atoms with Crippen molar-refractivity contribution in [2.75, 3.05) is 31.1 Å². The van der Waals surface area contributed by atoms with Gasteiger partial charge in [0.1, 0.15) is 13.0 Å². The van der Waals surface area contributed by atoms with Crippen LogP contribution in [0.1, 0.15) is 56.7 Å². The molecule has 2 rings (SSSR count). The molecule has 1 fully saturated rings. The molecule has 1 saturated carbocycles. The summed E-state index contributed by atoms with van der Waals surface area (Å²) in [6, 6.07) is 2.14. The highest BCUT2D eigenvalue weighted by atomic mass is 32.3. The van der Waals surface area contributed by atoms with Gasteiger partial charge in [0.2, 0.25) is 0 Å². The molecular formula is C24H40N2O2S. The normalized spacial score (nSPS) is 17.8.